The van der Waals surface area contributed by atoms with Gasteiger partial charge >= 0.3 is 0 Å². The van der Waals surface area contributed by atoms with Gasteiger partial charge in [-0.2, -0.15) is 0 Å². The van der Waals surface area contributed by atoms with E-state index in [-0.39, 0.29) is 0 Å². The van der Waals surface area contributed by atoms with Crippen molar-refractivity contribution < 1.29 is 0 Å². The third-order valence-corrected chi connectivity index (χ3v) is 4.41. The lowest BCUT2D eigenvalue weighted by Crippen LogP contribution is -2.36. The van der Waals surface area contributed by atoms with Crippen LogP contribution in [0, 0.1) is 13.8 Å². The van der Waals surface area contributed by atoms with Crippen LogP contribution in [-0.2, 0) is 12.0 Å². The minimum atomic E-state index is -0.490. The Morgan fingerprint density at radius 3 is 2.50 bits per heavy atom. The van der Waals surface area contributed by atoms with Crippen LogP contribution in [0.2, 0.25) is 5.02 Å². The monoisotopic (exact) mass is 351 g/mol. The van der Waals surface area contributed by atoms with Gasteiger partial charge in [0, 0.05) is 15.0 Å². The van der Waals surface area contributed by atoms with Crippen LogP contribution in [-0.4, -0.2) is 0 Å². The highest BCUT2D eigenvalue weighted by Crippen LogP contribution is 2.32. The summed E-state index contributed by atoms with van der Waals surface area (Å²) in [4.78, 5) is 0. The summed E-state index contributed by atoms with van der Waals surface area (Å²) in [7, 11) is 0. The van der Waals surface area contributed by atoms with Crippen molar-refractivity contribution in [2.24, 2.45) is 5.73 Å². The zero-order valence-corrected chi connectivity index (χ0v) is 14.3. The summed E-state index contributed by atoms with van der Waals surface area (Å²) in [6, 6.07) is 12.3. The molecule has 0 bridgehead atoms. The van der Waals surface area contributed by atoms with Gasteiger partial charge in [-0.25, -0.2) is 0 Å². The topological polar surface area (TPSA) is 26.0 Å². The summed E-state index contributed by atoms with van der Waals surface area (Å²) in [6.45, 7) is 6.25. The van der Waals surface area contributed by atoms with Crippen molar-refractivity contribution in [2.75, 3.05) is 0 Å². The summed E-state index contributed by atoms with van der Waals surface area (Å²) in [5, 5.41) is 0.703. The number of aryl methyl sites for hydroxylation is 2. The summed E-state index contributed by atoms with van der Waals surface area (Å²) in [5.74, 6) is 0. The molecule has 0 aliphatic rings. The Labute approximate surface area is 134 Å². The maximum absolute atomic E-state index is 6.54. The van der Waals surface area contributed by atoms with Crippen LogP contribution in [0.3, 0.4) is 0 Å². The molecule has 106 valence electrons. The molecule has 1 atom stereocenters. The van der Waals surface area contributed by atoms with E-state index < -0.39 is 5.54 Å². The number of halogens is 2. The largest absolute Gasteiger partial charge is 0.321 e. The van der Waals surface area contributed by atoms with Gasteiger partial charge in [-0.05, 0) is 56.0 Å². The first kappa shape index (κ1) is 15.6. The number of benzene rings is 2. The molecule has 0 radical (unpaired) electrons. The third-order valence-electron chi connectivity index (χ3n) is 3.61. The van der Waals surface area contributed by atoms with Crippen molar-refractivity contribution >= 4 is 27.5 Å². The van der Waals surface area contributed by atoms with E-state index in [9.17, 15) is 0 Å². The first-order valence-electron chi connectivity index (χ1n) is 6.60. The molecule has 0 aromatic heterocycles. The Balaban J connectivity index is 2.37. The highest BCUT2D eigenvalue weighted by molar-refractivity contribution is 9.10. The molecular formula is C17H19BrClN. The average molecular weight is 353 g/mol. The summed E-state index contributed by atoms with van der Waals surface area (Å²) < 4.78 is 0.966. The second-order valence-electron chi connectivity index (χ2n) is 5.65. The predicted molar refractivity (Wildman–Crippen MR) is 90.3 cm³/mol. The summed E-state index contributed by atoms with van der Waals surface area (Å²) in [6.07, 6.45) is 0.766. The van der Waals surface area contributed by atoms with Gasteiger partial charge in [0.15, 0.2) is 0 Å². The van der Waals surface area contributed by atoms with Gasteiger partial charge in [0.25, 0.3) is 0 Å². The van der Waals surface area contributed by atoms with Gasteiger partial charge in [0.1, 0.15) is 0 Å². The summed E-state index contributed by atoms with van der Waals surface area (Å²) >= 11 is 9.77. The van der Waals surface area contributed by atoms with Gasteiger partial charge in [-0.1, -0.05) is 57.4 Å². The van der Waals surface area contributed by atoms with E-state index in [2.05, 4.69) is 48.0 Å². The highest BCUT2D eigenvalue weighted by atomic mass is 79.9. The molecule has 0 heterocycles. The van der Waals surface area contributed by atoms with Crippen molar-refractivity contribution in [1.82, 2.24) is 0 Å². The van der Waals surface area contributed by atoms with Gasteiger partial charge in [0.05, 0.1) is 0 Å². The van der Waals surface area contributed by atoms with E-state index in [1.807, 2.05) is 25.1 Å². The normalized spacial score (nSPS) is 14.1. The second-order valence-corrected chi connectivity index (χ2v) is 6.97. The van der Waals surface area contributed by atoms with E-state index in [0.717, 1.165) is 16.5 Å². The van der Waals surface area contributed by atoms with Crippen LogP contribution in [0.5, 0.6) is 0 Å². The minimum absolute atomic E-state index is 0.490. The van der Waals surface area contributed by atoms with Gasteiger partial charge in [0.2, 0.25) is 0 Å². The van der Waals surface area contributed by atoms with Crippen molar-refractivity contribution in [3.05, 3.63) is 68.1 Å². The maximum Gasteiger partial charge on any atom is 0.0467 e. The maximum atomic E-state index is 6.54. The summed E-state index contributed by atoms with van der Waals surface area (Å²) in [5.41, 5.74) is 10.8. The SMILES string of the molecule is Cc1ccc(C)c(CC(C)(N)c2ccc(Br)cc2Cl)c1. The van der Waals surface area contributed by atoms with Gasteiger partial charge in [-0.3, -0.25) is 0 Å². The van der Waals surface area contributed by atoms with Gasteiger partial charge in [-0.15, -0.1) is 0 Å². The highest BCUT2D eigenvalue weighted by Gasteiger charge is 2.25. The van der Waals surface area contributed by atoms with E-state index in [1.54, 1.807) is 0 Å². The Hall–Kier alpha value is -0.830. The Bertz CT molecular complexity index is 635. The molecule has 20 heavy (non-hydrogen) atoms. The van der Waals surface area contributed by atoms with Crippen molar-refractivity contribution in [1.29, 1.82) is 0 Å². The fourth-order valence-electron chi connectivity index (χ4n) is 2.43. The van der Waals surface area contributed by atoms with E-state index in [0.29, 0.717) is 5.02 Å². The molecule has 0 saturated carbocycles. The molecule has 2 aromatic rings. The molecule has 0 saturated heterocycles. The number of nitrogens with two attached hydrogens (primary N) is 1. The molecule has 2 N–H and O–H groups in total. The molecule has 0 amide bonds. The first-order valence-corrected chi connectivity index (χ1v) is 7.77. The number of rotatable bonds is 3. The lowest BCUT2D eigenvalue weighted by atomic mass is 9.85. The Morgan fingerprint density at radius 1 is 1.15 bits per heavy atom. The predicted octanol–water partition coefficient (Wildman–Crippen LogP) is 5.14. The van der Waals surface area contributed by atoms with Crippen LogP contribution in [0.15, 0.2) is 40.9 Å². The number of hydrogen-bond donors (Lipinski definition) is 1. The standard InChI is InChI=1S/C17H19BrClN/c1-11-4-5-12(2)13(8-11)10-17(3,20)15-7-6-14(18)9-16(15)19/h4-9H,10,20H2,1-3H3. The fourth-order valence-corrected chi connectivity index (χ4v) is 3.32. The number of hydrogen-bond acceptors (Lipinski definition) is 1. The smallest absolute Gasteiger partial charge is 0.0467 e. The molecule has 1 nitrogen and oxygen atoms in total. The van der Waals surface area contributed by atoms with E-state index in [1.165, 1.54) is 16.7 Å². The van der Waals surface area contributed by atoms with Crippen molar-refractivity contribution in [3.8, 4) is 0 Å². The molecule has 0 aliphatic carbocycles. The van der Waals surface area contributed by atoms with Crippen LogP contribution < -0.4 is 5.73 Å². The van der Waals surface area contributed by atoms with E-state index in [4.69, 9.17) is 17.3 Å². The Kier molecular flexibility index (Phi) is 4.58. The molecule has 1 unspecified atom stereocenters. The second kappa shape index (κ2) is 5.88. The minimum Gasteiger partial charge on any atom is -0.321 e. The van der Waals surface area contributed by atoms with Crippen LogP contribution >= 0.6 is 27.5 Å². The lowest BCUT2D eigenvalue weighted by molar-refractivity contribution is 0.490. The van der Waals surface area contributed by atoms with Crippen molar-refractivity contribution in [3.63, 3.8) is 0 Å². The third kappa shape index (κ3) is 3.43. The first-order chi connectivity index (χ1) is 9.29. The van der Waals surface area contributed by atoms with Crippen LogP contribution in [0.4, 0.5) is 0 Å². The zero-order valence-electron chi connectivity index (χ0n) is 12.0. The quantitative estimate of drug-likeness (QED) is 0.813. The zero-order chi connectivity index (χ0) is 14.9. The molecule has 0 spiro atoms. The van der Waals surface area contributed by atoms with E-state index >= 15 is 0 Å². The molecule has 2 rings (SSSR count). The molecule has 0 aliphatic heterocycles. The molecule has 2 aromatic carbocycles. The molecule has 3 heteroatoms. The fraction of sp³-hybridized carbons (Fsp3) is 0.294. The van der Waals surface area contributed by atoms with Crippen molar-refractivity contribution in [2.45, 2.75) is 32.7 Å². The average Bonchev–Trinajstić information content (AvgIpc) is 2.33. The molecular weight excluding hydrogens is 334 g/mol. The van der Waals surface area contributed by atoms with Crippen LogP contribution in [0.25, 0.3) is 0 Å². The lowest BCUT2D eigenvalue weighted by Gasteiger charge is -2.27. The Morgan fingerprint density at radius 2 is 1.85 bits per heavy atom. The van der Waals surface area contributed by atoms with Crippen LogP contribution in [0.1, 0.15) is 29.2 Å². The molecule has 0 fully saturated rings. The van der Waals surface area contributed by atoms with Gasteiger partial charge < -0.3 is 5.73 Å².